The number of alkyl halides is 3. The summed E-state index contributed by atoms with van der Waals surface area (Å²) in [5.74, 6) is 0. The van der Waals surface area contributed by atoms with Crippen LogP contribution in [0.2, 0.25) is 5.02 Å². The van der Waals surface area contributed by atoms with Gasteiger partial charge in [0, 0.05) is 21.8 Å². The molecule has 2 aromatic carbocycles. The second kappa shape index (κ2) is 5.36. The molecular weight excluding hydrogens is 311 g/mol. The number of H-pyrrole nitrogens is 1. The smallest absolute Gasteiger partial charge is 0.358 e. The molecule has 1 aromatic heterocycles. The van der Waals surface area contributed by atoms with Crippen LogP contribution in [0.3, 0.4) is 0 Å². The molecule has 1 heterocycles. The summed E-state index contributed by atoms with van der Waals surface area (Å²) < 4.78 is 38.1. The van der Waals surface area contributed by atoms with Crippen LogP contribution in [0.15, 0.2) is 42.5 Å². The zero-order valence-corrected chi connectivity index (χ0v) is 12.5. The van der Waals surface area contributed by atoms with E-state index in [-0.39, 0.29) is 5.02 Å². The highest BCUT2D eigenvalue weighted by molar-refractivity contribution is 6.33. The summed E-state index contributed by atoms with van der Waals surface area (Å²) >= 11 is 6.04. The van der Waals surface area contributed by atoms with E-state index in [9.17, 15) is 13.2 Å². The first-order valence-corrected chi connectivity index (χ1v) is 7.25. The lowest BCUT2D eigenvalue weighted by Crippen LogP contribution is -2.04. The van der Waals surface area contributed by atoms with Crippen molar-refractivity contribution in [2.45, 2.75) is 19.5 Å². The number of aryl methyl sites for hydroxylation is 1. The van der Waals surface area contributed by atoms with Crippen LogP contribution in [0.1, 0.15) is 18.2 Å². The average Bonchev–Trinajstić information content (AvgIpc) is 2.88. The van der Waals surface area contributed by atoms with E-state index in [0.29, 0.717) is 5.56 Å². The van der Waals surface area contributed by atoms with Gasteiger partial charge in [0.1, 0.15) is 0 Å². The maximum Gasteiger partial charge on any atom is 0.416 e. The van der Waals surface area contributed by atoms with Crippen molar-refractivity contribution >= 4 is 22.5 Å². The third-order valence-corrected chi connectivity index (χ3v) is 3.98. The molecular formula is C17H13ClF3N. The van der Waals surface area contributed by atoms with E-state index >= 15 is 0 Å². The number of hydrogen-bond donors (Lipinski definition) is 1. The van der Waals surface area contributed by atoms with Crippen molar-refractivity contribution < 1.29 is 13.2 Å². The van der Waals surface area contributed by atoms with Gasteiger partial charge in [-0.2, -0.15) is 13.2 Å². The normalized spacial score (nSPS) is 12.0. The zero-order chi connectivity index (χ0) is 15.9. The molecule has 0 fully saturated rings. The van der Waals surface area contributed by atoms with Crippen molar-refractivity contribution in [3.05, 3.63) is 58.7 Å². The molecule has 1 nitrogen and oxygen atoms in total. The van der Waals surface area contributed by atoms with Gasteiger partial charge in [-0.05, 0) is 41.6 Å². The van der Waals surface area contributed by atoms with Crippen molar-refractivity contribution in [3.8, 4) is 11.1 Å². The first-order chi connectivity index (χ1) is 10.4. The van der Waals surface area contributed by atoms with E-state index in [1.807, 2.05) is 18.2 Å². The lowest BCUT2D eigenvalue weighted by molar-refractivity contribution is -0.137. The van der Waals surface area contributed by atoms with Crippen molar-refractivity contribution in [2.75, 3.05) is 0 Å². The molecule has 0 saturated heterocycles. The number of benzene rings is 2. The Morgan fingerprint density at radius 2 is 1.82 bits per heavy atom. The Labute approximate surface area is 130 Å². The second-order valence-electron chi connectivity index (χ2n) is 5.14. The van der Waals surface area contributed by atoms with Gasteiger partial charge in [-0.3, -0.25) is 0 Å². The molecule has 3 aromatic rings. The van der Waals surface area contributed by atoms with Gasteiger partial charge >= 0.3 is 6.18 Å². The summed E-state index contributed by atoms with van der Waals surface area (Å²) in [5.41, 5.74) is 2.70. The van der Waals surface area contributed by atoms with Crippen LogP contribution in [0, 0.1) is 0 Å². The van der Waals surface area contributed by atoms with Crippen molar-refractivity contribution in [3.63, 3.8) is 0 Å². The number of nitrogens with one attached hydrogen (secondary N) is 1. The van der Waals surface area contributed by atoms with E-state index in [1.54, 1.807) is 0 Å². The molecule has 0 aliphatic rings. The molecule has 0 radical (unpaired) electrons. The molecule has 114 valence electrons. The van der Waals surface area contributed by atoms with Crippen LogP contribution in [-0.4, -0.2) is 4.98 Å². The van der Waals surface area contributed by atoms with Gasteiger partial charge in [0.25, 0.3) is 0 Å². The molecule has 0 atom stereocenters. The van der Waals surface area contributed by atoms with Crippen molar-refractivity contribution in [1.82, 2.24) is 4.98 Å². The highest BCUT2D eigenvalue weighted by Gasteiger charge is 2.30. The molecule has 3 rings (SSSR count). The Morgan fingerprint density at radius 3 is 2.45 bits per heavy atom. The maximum absolute atomic E-state index is 12.7. The Balaban J connectivity index is 2.07. The minimum Gasteiger partial charge on any atom is -0.358 e. The summed E-state index contributed by atoms with van der Waals surface area (Å²) in [5, 5.41) is 1.17. The van der Waals surface area contributed by atoms with Crippen LogP contribution >= 0.6 is 11.6 Å². The average molecular weight is 324 g/mol. The standard InChI is InChI=1S/C17H13ClF3N/c1-2-13-7-11-4-3-10(8-16(11)22-13)14-6-5-12(9-15(14)18)17(19,20)21/h3-9,22H,2H2,1H3. The van der Waals surface area contributed by atoms with E-state index in [0.717, 1.165) is 40.7 Å². The van der Waals surface area contributed by atoms with Gasteiger partial charge < -0.3 is 4.98 Å². The SMILES string of the molecule is CCc1cc2ccc(-c3ccc(C(F)(F)F)cc3Cl)cc2[nH]1. The van der Waals surface area contributed by atoms with Crippen molar-refractivity contribution in [1.29, 1.82) is 0 Å². The molecule has 0 bridgehead atoms. The summed E-state index contributed by atoms with van der Waals surface area (Å²) in [6.45, 7) is 2.05. The quantitative estimate of drug-likeness (QED) is 0.589. The Morgan fingerprint density at radius 1 is 1.05 bits per heavy atom. The summed E-state index contributed by atoms with van der Waals surface area (Å²) in [6, 6.07) is 11.2. The maximum atomic E-state index is 12.7. The van der Waals surface area contributed by atoms with Gasteiger partial charge in [-0.25, -0.2) is 0 Å². The third-order valence-electron chi connectivity index (χ3n) is 3.67. The number of halogens is 4. The topological polar surface area (TPSA) is 15.8 Å². The molecule has 0 spiro atoms. The second-order valence-corrected chi connectivity index (χ2v) is 5.55. The summed E-state index contributed by atoms with van der Waals surface area (Å²) in [6.07, 6.45) is -3.49. The number of aromatic nitrogens is 1. The van der Waals surface area contributed by atoms with Gasteiger partial charge in [0.2, 0.25) is 0 Å². The Kier molecular flexibility index (Phi) is 3.65. The van der Waals surface area contributed by atoms with E-state index in [2.05, 4.69) is 18.0 Å². The Hall–Kier alpha value is -1.94. The summed E-state index contributed by atoms with van der Waals surface area (Å²) in [4.78, 5) is 3.29. The largest absolute Gasteiger partial charge is 0.416 e. The monoisotopic (exact) mass is 323 g/mol. The lowest BCUT2D eigenvalue weighted by atomic mass is 10.0. The van der Waals surface area contributed by atoms with Crippen LogP contribution in [0.5, 0.6) is 0 Å². The minimum absolute atomic E-state index is 0.0939. The number of rotatable bonds is 2. The highest BCUT2D eigenvalue weighted by atomic mass is 35.5. The fourth-order valence-corrected chi connectivity index (χ4v) is 2.76. The van der Waals surface area contributed by atoms with E-state index in [1.165, 1.54) is 6.07 Å². The lowest BCUT2D eigenvalue weighted by Gasteiger charge is -2.10. The van der Waals surface area contributed by atoms with Gasteiger partial charge in [-0.1, -0.05) is 36.7 Å². The first-order valence-electron chi connectivity index (χ1n) is 6.87. The predicted molar refractivity (Wildman–Crippen MR) is 83.1 cm³/mol. The predicted octanol–water partition coefficient (Wildman–Crippen LogP) is 6.07. The minimum atomic E-state index is -4.39. The van der Waals surface area contributed by atoms with Crippen molar-refractivity contribution in [2.24, 2.45) is 0 Å². The number of aromatic amines is 1. The molecule has 1 N–H and O–H groups in total. The summed E-state index contributed by atoms with van der Waals surface area (Å²) in [7, 11) is 0. The third kappa shape index (κ3) is 2.71. The van der Waals surface area contributed by atoms with Gasteiger partial charge in [0.15, 0.2) is 0 Å². The highest BCUT2D eigenvalue weighted by Crippen LogP contribution is 2.36. The van der Waals surface area contributed by atoms with Crippen LogP contribution in [-0.2, 0) is 12.6 Å². The van der Waals surface area contributed by atoms with E-state index in [4.69, 9.17) is 11.6 Å². The fourth-order valence-electron chi connectivity index (χ4n) is 2.47. The van der Waals surface area contributed by atoms with Crippen LogP contribution < -0.4 is 0 Å². The number of fused-ring (bicyclic) bond motifs is 1. The zero-order valence-electron chi connectivity index (χ0n) is 11.8. The van der Waals surface area contributed by atoms with E-state index < -0.39 is 11.7 Å². The first kappa shape index (κ1) is 15.0. The van der Waals surface area contributed by atoms with Gasteiger partial charge in [0.05, 0.1) is 5.56 Å². The molecule has 5 heteroatoms. The molecule has 0 unspecified atom stereocenters. The van der Waals surface area contributed by atoms with Crippen LogP contribution in [0.25, 0.3) is 22.0 Å². The Bertz CT molecular complexity index is 834. The molecule has 0 saturated carbocycles. The number of hydrogen-bond acceptors (Lipinski definition) is 0. The fraction of sp³-hybridized carbons (Fsp3) is 0.176. The van der Waals surface area contributed by atoms with Crippen LogP contribution in [0.4, 0.5) is 13.2 Å². The molecule has 0 amide bonds. The van der Waals surface area contributed by atoms with Gasteiger partial charge in [-0.15, -0.1) is 0 Å². The molecule has 0 aliphatic heterocycles. The molecule has 0 aliphatic carbocycles. The molecule has 22 heavy (non-hydrogen) atoms.